The number of rotatable bonds is 32. The van der Waals surface area contributed by atoms with Gasteiger partial charge in [0, 0.05) is 115 Å². The number of hydrogen-bond donors (Lipinski definition) is 12. The molecule has 1 aliphatic heterocycles. The number of aliphatic carboxylic acids is 4. The quantitative estimate of drug-likeness (QED) is 0.0175. The van der Waals surface area contributed by atoms with Crippen LogP contribution < -0.4 is 36.0 Å². The van der Waals surface area contributed by atoms with Gasteiger partial charge in [-0.1, -0.05) is 0 Å². The first kappa shape index (κ1) is 66.9. The van der Waals surface area contributed by atoms with Crippen LogP contribution in [0.5, 0.6) is 5.75 Å². The summed E-state index contributed by atoms with van der Waals surface area (Å²) in [6.45, 7) is 2.31. The zero-order valence-electron chi connectivity index (χ0n) is 46.3. The number of benzene rings is 2. The zero-order chi connectivity index (χ0) is 61.6. The lowest BCUT2D eigenvalue weighted by Crippen LogP contribution is -2.54. The molecule has 34 heteroatoms. The van der Waals surface area contributed by atoms with Gasteiger partial charge in [0.2, 0.25) is 27.7 Å². The number of aromatic nitrogens is 4. The highest BCUT2D eigenvalue weighted by atomic mass is 32.2. The molecule has 12 N–H and O–H groups in total. The van der Waals surface area contributed by atoms with Gasteiger partial charge in [0.25, 0.3) is 16.0 Å². The first-order chi connectivity index (χ1) is 39.7. The highest BCUT2D eigenvalue weighted by Crippen LogP contribution is 2.26. The van der Waals surface area contributed by atoms with Crippen LogP contribution in [0.1, 0.15) is 40.7 Å². The molecule has 4 aromatic rings. The molecule has 1 aliphatic rings. The van der Waals surface area contributed by atoms with Crippen molar-refractivity contribution in [3.63, 3.8) is 0 Å². The zero-order valence-corrected chi connectivity index (χ0v) is 48.0. The van der Waals surface area contributed by atoms with E-state index >= 15 is 0 Å². The number of nitrogens with zero attached hydrogens (tertiary/aromatic N) is 7. The number of fused-ring (bicyclic) bond motifs is 1. The monoisotopic (exact) mass is 1220 g/mol. The minimum Gasteiger partial charge on any atom is -0.494 e. The maximum atomic E-state index is 13.6. The third-order valence-corrected chi connectivity index (χ3v) is 15.5. The molecule has 0 unspecified atom stereocenters. The van der Waals surface area contributed by atoms with Crippen molar-refractivity contribution >= 4 is 84.5 Å². The number of imidazole rings is 1. The highest BCUT2D eigenvalue weighted by Gasteiger charge is 2.30. The average Bonchev–Trinajstić information content (AvgIpc) is 3.15. The number of sulfonamides is 1. The lowest BCUT2D eigenvalue weighted by atomic mass is 10.1. The van der Waals surface area contributed by atoms with Gasteiger partial charge >= 0.3 is 23.9 Å². The average molecular weight is 1220 g/mol. The Balaban J connectivity index is 1.05. The second-order valence-electron chi connectivity index (χ2n) is 19.7. The van der Waals surface area contributed by atoms with Crippen molar-refractivity contribution in [3.05, 3.63) is 65.6 Å². The molecule has 1 saturated heterocycles. The van der Waals surface area contributed by atoms with Crippen LogP contribution in [0.25, 0.3) is 10.9 Å². The number of carboxylic acid groups (broad SMARTS) is 4. The van der Waals surface area contributed by atoms with Crippen LogP contribution in [-0.2, 0) is 60.2 Å². The summed E-state index contributed by atoms with van der Waals surface area (Å²) in [6, 6.07) is 4.16. The Bertz CT molecular complexity index is 3110. The Labute approximate surface area is 483 Å². The maximum absolute atomic E-state index is 13.6. The van der Waals surface area contributed by atoms with Crippen LogP contribution in [-0.4, -0.2) is 258 Å². The summed E-state index contributed by atoms with van der Waals surface area (Å²) in [6.07, 6.45) is 5.79. The predicted molar refractivity (Wildman–Crippen MR) is 299 cm³/mol. The fourth-order valence-electron chi connectivity index (χ4n) is 8.99. The van der Waals surface area contributed by atoms with Crippen LogP contribution in [0.2, 0.25) is 0 Å². The van der Waals surface area contributed by atoms with E-state index in [1.54, 1.807) is 51.3 Å². The summed E-state index contributed by atoms with van der Waals surface area (Å²) in [5.74, 6) is -8.29. The normalized spacial score (nSPS) is 15.2. The summed E-state index contributed by atoms with van der Waals surface area (Å²) in [7, 11) is -9.32. The molecule has 0 bridgehead atoms. The summed E-state index contributed by atoms with van der Waals surface area (Å²) in [5.41, 5.74) is 1.40. The van der Waals surface area contributed by atoms with Gasteiger partial charge in [-0.2, -0.15) is 18.2 Å². The molecule has 2 aromatic heterocycles. The second kappa shape index (κ2) is 32.3. The number of nitrogens with one attached hydrogen (secondary N) is 7. The SMILES string of the molecule is Cc1cc(OCCCC(=O)NCCNC(=O)[C@H](CS(=O)(=O)O)NC(=O)CN2CCN(CC(=O)O)CCN(CC(=O)O)CCN(CC(=O)O)CC2)cc(C)c1S(=O)(=O)N[C@@H](CNC(=O)c1ccc2c(cnn2CCCNc2ncc[nH]2)c1)C(=O)O. The number of amides is 4. The maximum Gasteiger partial charge on any atom is 0.323 e. The second-order valence-corrected chi connectivity index (χ2v) is 22.9. The smallest absolute Gasteiger partial charge is 0.323 e. The fourth-order valence-corrected chi connectivity index (χ4v) is 11.3. The van der Waals surface area contributed by atoms with E-state index in [9.17, 15) is 80.2 Å². The molecule has 462 valence electrons. The van der Waals surface area contributed by atoms with E-state index in [-0.39, 0.29) is 119 Å². The fraction of sp³-hybridized carbons (Fsp3) is 0.520. The molecular weight excluding hydrogens is 1150 g/mol. The molecule has 5 rings (SSSR count). The summed E-state index contributed by atoms with van der Waals surface area (Å²) >= 11 is 0. The van der Waals surface area contributed by atoms with Crippen LogP contribution in [0.4, 0.5) is 5.95 Å². The number of aryl methyl sites for hydroxylation is 3. The van der Waals surface area contributed by atoms with Gasteiger partial charge in [0.1, 0.15) is 23.6 Å². The lowest BCUT2D eigenvalue weighted by Gasteiger charge is -2.33. The van der Waals surface area contributed by atoms with Crippen LogP contribution in [0, 0.1) is 13.8 Å². The van der Waals surface area contributed by atoms with Crippen molar-refractivity contribution in [2.24, 2.45) is 0 Å². The largest absolute Gasteiger partial charge is 0.494 e. The minimum absolute atomic E-state index is 0.00272. The molecule has 32 nitrogen and oxygen atoms in total. The van der Waals surface area contributed by atoms with Gasteiger partial charge in [0.05, 0.1) is 49.4 Å². The van der Waals surface area contributed by atoms with Crippen LogP contribution in [0.15, 0.2) is 53.8 Å². The minimum atomic E-state index is -4.84. The van der Waals surface area contributed by atoms with E-state index in [1.807, 2.05) is 0 Å². The van der Waals surface area contributed by atoms with Crippen LogP contribution in [0.3, 0.4) is 0 Å². The van der Waals surface area contributed by atoms with Crippen molar-refractivity contribution in [1.82, 2.24) is 65.3 Å². The summed E-state index contributed by atoms with van der Waals surface area (Å²) in [4.78, 5) is 112. The summed E-state index contributed by atoms with van der Waals surface area (Å²) < 4.78 is 70.5. The number of H-pyrrole nitrogens is 1. The van der Waals surface area contributed by atoms with Crippen molar-refractivity contribution in [2.45, 2.75) is 56.6 Å². The number of carboxylic acids is 4. The van der Waals surface area contributed by atoms with E-state index in [0.29, 0.717) is 24.4 Å². The molecule has 1 fully saturated rings. The molecule has 3 heterocycles. The van der Waals surface area contributed by atoms with Gasteiger partial charge in [0.15, 0.2) is 5.95 Å². The van der Waals surface area contributed by atoms with Crippen molar-refractivity contribution in [1.29, 1.82) is 0 Å². The molecule has 0 saturated carbocycles. The Kier molecular flexibility index (Phi) is 25.7. The van der Waals surface area contributed by atoms with Crippen molar-refractivity contribution in [2.75, 3.05) is 122 Å². The topological polar surface area (TPSA) is 447 Å². The standard InChI is InChI=1S/C50H72N14O18S2/c1-33-23-37(24-34(2)46(33)84(80,81)59-38(49(75)76)27-56-47(73)35-6-7-40-36(25-35)26-57-64(40)13-4-8-53-50-54-11-12-55-50)82-22-3-5-41(65)51-9-10-52-48(74)39(32-83(77,78)79)58-42(66)28-60-14-16-61(29-43(67)68)18-20-63(31-45(71)72)21-19-62(17-15-60)30-44(69)70/h6-7,11-12,23-26,38-39,59H,3-5,8-10,13-22,27-32H2,1-2H3,(H,51,65)(H,52,74)(H,56,73)(H,58,66)(H,67,68)(H,69,70)(H,71,72)(H,75,76)(H2,53,54,55)(H,77,78,79)/t38-,39-/m0/s1. The molecule has 0 aliphatic carbocycles. The molecule has 4 amide bonds. The van der Waals surface area contributed by atoms with E-state index in [2.05, 4.69) is 46.4 Å². The number of ether oxygens (including phenoxy) is 1. The number of aromatic amines is 1. The summed E-state index contributed by atoms with van der Waals surface area (Å²) in [5, 5.41) is 56.3. The van der Waals surface area contributed by atoms with E-state index in [4.69, 9.17) is 4.74 Å². The number of anilines is 1. The first-order valence-corrected chi connectivity index (χ1v) is 29.6. The number of carbonyl (C=O) groups excluding carboxylic acids is 4. The van der Waals surface area contributed by atoms with E-state index in [1.165, 1.54) is 35.8 Å². The predicted octanol–water partition coefficient (Wildman–Crippen LogP) is -2.72. The van der Waals surface area contributed by atoms with Crippen molar-refractivity contribution in [3.8, 4) is 5.75 Å². The van der Waals surface area contributed by atoms with Gasteiger partial charge in [-0.15, -0.1) is 0 Å². The molecule has 0 spiro atoms. The molecule has 84 heavy (non-hydrogen) atoms. The third-order valence-electron chi connectivity index (χ3n) is 13.0. The van der Waals surface area contributed by atoms with Gasteiger partial charge in [-0.05, 0) is 68.1 Å². The van der Waals surface area contributed by atoms with Gasteiger partial charge < -0.3 is 56.7 Å². The van der Waals surface area contributed by atoms with Gasteiger partial charge in [-0.25, -0.2) is 13.4 Å². The number of hydrogen-bond acceptors (Lipinski definition) is 20. The molecule has 0 radical (unpaired) electrons. The van der Waals surface area contributed by atoms with E-state index in [0.717, 1.165) is 11.9 Å². The highest BCUT2D eigenvalue weighted by molar-refractivity contribution is 7.89. The van der Waals surface area contributed by atoms with E-state index < -0.39 is 112 Å². The number of carbonyl (C=O) groups is 8. The Morgan fingerprint density at radius 3 is 1.81 bits per heavy atom. The van der Waals surface area contributed by atoms with Crippen molar-refractivity contribution < 1.29 is 84.9 Å². The Morgan fingerprint density at radius 2 is 1.27 bits per heavy atom. The Hall–Kier alpha value is -7.86. The van der Waals surface area contributed by atoms with Crippen LogP contribution >= 0.6 is 0 Å². The molecular formula is C50H72N14O18S2. The molecule has 2 atom stereocenters. The molecule has 2 aromatic carbocycles. The van der Waals surface area contributed by atoms with Gasteiger partial charge in [-0.3, -0.25) is 67.2 Å². The third kappa shape index (κ3) is 23.1. The Morgan fingerprint density at radius 1 is 0.702 bits per heavy atom. The first-order valence-electron chi connectivity index (χ1n) is 26.5. The lowest BCUT2D eigenvalue weighted by molar-refractivity contribution is -0.140.